The number of hydrogen-bond donors (Lipinski definition) is 3. The van der Waals surface area contributed by atoms with Gasteiger partial charge in [-0.2, -0.15) is 15.0 Å². The fourth-order valence-corrected chi connectivity index (χ4v) is 3.44. The lowest BCUT2D eigenvalue weighted by atomic mass is 9.63. The van der Waals surface area contributed by atoms with Crippen LogP contribution in [0.25, 0.3) is 5.57 Å². The van der Waals surface area contributed by atoms with Gasteiger partial charge < -0.3 is 15.7 Å². The summed E-state index contributed by atoms with van der Waals surface area (Å²) in [5.41, 5.74) is 0.341. The predicted molar refractivity (Wildman–Crippen MR) is 92.5 cm³/mol. The molecular formula is C17H25F2N5O. The lowest BCUT2D eigenvalue weighted by molar-refractivity contribution is -0.111. The van der Waals surface area contributed by atoms with E-state index < -0.39 is 29.9 Å². The number of halogens is 2. The second-order valence-electron chi connectivity index (χ2n) is 7.39. The van der Waals surface area contributed by atoms with Crippen LogP contribution in [0.1, 0.15) is 46.4 Å². The van der Waals surface area contributed by atoms with Gasteiger partial charge in [-0.1, -0.05) is 0 Å². The third kappa shape index (κ3) is 3.44. The predicted octanol–water partition coefficient (Wildman–Crippen LogP) is 2.93. The summed E-state index contributed by atoms with van der Waals surface area (Å²) in [6.45, 7) is 7.82. The van der Waals surface area contributed by atoms with Crippen LogP contribution in [0.4, 0.5) is 20.7 Å². The normalized spacial score (nSPS) is 28.8. The second kappa shape index (κ2) is 6.82. The summed E-state index contributed by atoms with van der Waals surface area (Å²) in [5.74, 6) is -0.742. The van der Waals surface area contributed by atoms with E-state index in [0.29, 0.717) is 30.3 Å². The summed E-state index contributed by atoms with van der Waals surface area (Å²) in [6, 6.07) is 0.218. The Hall–Kier alpha value is -1.83. The van der Waals surface area contributed by atoms with Crippen molar-refractivity contribution in [2.45, 2.75) is 64.9 Å². The van der Waals surface area contributed by atoms with Gasteiger partial charge in [-0.05, 0) is 40.5 Å². The summed E-state index contributed by atoms with van der Waals surface area (Å²) in [4.78, 5) is 13.0. The van der Waals surface area contributed by atoms with Crippen molar-refractivity contribution in [3.8, 4) is 0 Å². The smallest absolute Gasteiger partial charge is 0.228 e. The van der Waals surface area contributed by atoms with Crippen LogP contribution in [-0.4, -0.2) is 44.4 Å². The van der Waals surface area contributed by atoms with E-state index in [4.69, 9.17) is 0 Å². The Balaban J connectivity index is 1.97. The number of aromatic nitrogens is 3. The number of fused-ring (bicyclic) bond motifs is 1. The first kappa shape index (κ1) is 18.0. The summed E-state index contributed by atoms with van der Waals surface area (Å²) in [5, 5.41) is 16.0. The van der Waals surface area contributed by atoms with Crippen molar-refractivity contribution in [3.63, 3.8) is 0 Å². The number of allylic oxidation sites excluding steroid dienone is 1. The number of hydrogen-bond acceptors (Lipinski definition) is 6. The van der Waals surface area contributed by atoms with Crippen LogP contribution in [0.5, 0.6) is 0 Å². The number of nitrogens with one attached hydrogen (secondary N) is 2. The maximum Gasteiger partial charge on any atom is 0.228 e. The van der Waals surface area contributed by atoms with Crippen molar-refractivity contribution in [1.29, 1.82) is 0 Å². The van der Waals surface area contributed by atoms with Gasteiger partial charge in [-0.15, -0.1) is 0 Å². The van der Waals surface area contributed by atoms with Crippen molar-refractivity contribution in [2.75, 3.05) is 10.6 Å². The quantitative estimate of drug-likeness (QED) is 0.755. The Labute approximate surface area is 146 Å². The highest BCUT2D eigenvalue weighted by molar-refractivity contribution is 5.66. The lowest BCUT2D eigenvalue weighted by Gasteiger charge is -2.47. The number of aliphatic hydroxyl groups is 1. The standard InChI is InChI=1S/C17H25F2N5O/c1-7(2)20-16-22-15(23-17(24-16)21-8(3)4)10-6-5-9-11(12(10)18)14(25)13(9)19/h7-9,11,13-14,25H,5-6H2,1-4H3,(H2,20,21,22,23,24)/t9?,11-,13?,14?/m1/s1. The monoisotopic (exact) mass is 353 g/mol. The van der Waals surface area contributed by atoms with Crippen LogP contribution >= 0.6 is 0 Å². The molecule has 1 heterocycles. The van der Waals surface area contributed by atoms with Gasteiger partial charge in [-0.25, -0.2) is 8.78 Å². The molecule has 1 fully saturated rings. The van der Waals surface area contributed by atoms with E-state index >= 15 is 0 Å². The van der Waals surface area contributed by atoms with Gasteiger partial charge in [-0.3, -0.25) is 0 Å². The maximum atomic E-state index is 14.9. The summed E-state index contributed by atoms with van der Waals surface area (Å²) in [7, 11) is 0. The highest BCUT2D eigenvalue weighted by Gasteiger charge is 2.55. The third-order valence-corrected chi connectivity index (χ3v) is 4.61. The lowest BCUT2D eigenvalue weighted by Crippen LogP contribution is -2.54. The molecule has 0 bridgehead atoms. The first-order valence-electron chi connectivity index (χ1n) is 8.78. The Kier molecular flexibility index (Phi) is 4.90. The van der Waals surface area contributed by atoms with Crippen molar-refractivity contribution in [2.24, 2.45) is 11.8 Å². The highest BCUT2D eigenvalue weighted by Crippen LogP contribution is 2.51. The highest BCUT2D eigenvalue weighted by atomic mass is 19.1. The molecular weight excluding hydrogens is 328 g/mol. The van der Waals surface area contributed by atoms with Crippen LogP contribution in [0.15, 0.2) is 5.83 Å². The van der Waals surface area contributed by atoms with Gasteiger partial charge in [0.05, 0.1) is 6.10 Å². The number of rotatable bonds is 5. The molecule has 1 aromatic heterocycles. The van der Waals surface area contributed by atoms with E-state index in [0.717, 1.165) is 0 Å². The van der Waals surface area contributed by atoms with Gasteiger partial charge >= 0.3 is 0 Å². The average Bonchev–Trinajstić information content (AvgIpc) is 2.52. The SMILES string of the molecule is CC(C)Nc1nc(NC(C)C)nc(C2=C(F)[C@@H]3C(O)C(F)C3CC2)n1. The largest absolute Gasteiger partial charge is 0.389 e. The minimum absolute atomic E-state index is 0.109. The van der Waals surface area contributed by atoms with Crippen LogP contribution in [0.3, 0.4) is 0 Å². The molecule has 3 unspecified atom stereocenters. The second-order valence-corrected chi connectivity index (χ2v) is 7.39. The van der Waals surface area contributed by atoms with Crippen LogP contribution < -0.4 is 10.6 Å². The van der Waals surface area contributed by atoms with E-state index in [-0.39, 0.29) is 17.9 Å². The van der Waals surface area contributed by atoms with Gasteiger partial charge in [0.15, 0.2) is 5.82 Å². The van der Waals surface area contributed by atoms with Crippen LogP contribution in [0, 0.1) is 11.8 Å². The molecule has 0 spiro atoms. The van der Waals surface area contributed by atoms with E-state index in [1.807, 2.05) is 27.7 Å². The molecule has 0 aliphatic heterocycles. The Morgan fingerprint density at radius 3 is 2.12 bits per heavy atom. The fourth-order valence-electron chi connectivity index (χ4n) is 3.44. The molecule has 4 atom stereocenters. The molecule has 25 heavy (non-hydrogen) atoms. The summed E-state index contributed by atoms with van der Waals surface area (Å²) in [6.07, 6.45) is -1.78. The third-order valence-electron chi connectivity index (χ3n) is 4.61. The van der Waals surface area contributed by atoms with Gasteiger partial charge in [0.1, 0.15) is 12.0 Å². The maximum absolute atomic E-state index is 14.9. The molecule has 3 rings (SSSR count). The van der Waals surface area contributed by atoms with E-state index in [1.165, 1.54) is 0 Å². The van der Waals surface area contributed by atoms with Crippen molar-refractivity contribution < 1.29 is 13.9 Å². The van der Waals surface area contributed by atoms with E-state index in [9.17, 15) is 13.9 Å². The Bertz CT molecular complexity index is 651. The zero-order valence-corrected chi connectivity index (χ0v) is 14.9. The Morgan fingerprint density at radius 2 is 1.60 bits per heavy atom. The molecule has 1 saturated carbocycles. The molecule has 138 valence electrons. The number of aliphatic hydroxyl groups excluding tert-OH is 1. The Morgan fingerprint density at radius 1 is 1.04 bits per heavy atom. The van der Waals surface area contributed by atoms with Gasteiger partial charge in [0, 0.05) is 29.5 Å². The first-order valence-corrected chi connectivity index (χ1v) is 8.78. The average molecular weight is 353 g/mol. The topological polar surface area (TPSA) is 83.0 Å². The zero-order valence-electron chi connectivity index (χ0n) is 14.9. The molecule has 3 N–H and O–H groups in total. The molecule has 0 saturated heterocycles. The van der Waals surface area contributed by atoms with Crippen LogP contribution in [-0.2, 0) is 0 Å². The molecule has 2 aliphatic rings. The van der Waals surface area contributed by atoms with Crippen molar-refractivity contribution in [3.05, 3.63) is 11.7 Å². The number of nitrogens with zero attached hydrogens (tertiary/aromatic N) is 3. The van der Waals surface area contributed by atoms with Crippen molar-refractivity contribution >= 4 is 17.5 Å². The first-order chi connectivity index (χ1) is 11.8. The van der Waals surface area contributed by atoms with E-state index in [2.05, 4.69) is 25.6 Å². The van der Waals surface area contributed by atoms with Crippen molar-refractivity contribution in [1.82, 2.24) is 15.0 Å². The molecule has 0 amide bonds. The van der Waals surface area contributed by atoms with Gasteiger partial charge in [0.2, 0.25) is 11.9 Å². The molecule has 6 nitrogen and oxygen atoms in total. The minimum Gasteiger partial charge on any atom is -0.389 e. The molecule has 0 aromatic carbocycles. The zero-order chi connectivity index (χ0) is 18.3. The van der Waals surface area contributed by atoms with Crippen LogP contribution in [0.2, 0.25) is 0 Å². The number of anilines is 2. The molecule has 0 radical (unpaired) electrons. The molecule has 1 aromatic rings. The number of alkyl halides is 1. The molecule has 8 heteroatoms. The summed E-state index contributed by atoms with van der Waals surface area (Å²) < 4.78 is 28.5. The van der Waals surface area contributed by atoms with E-state index in [1.54, 1.807) is 0 Å². The minimum atomic E-state index is -1.34. The summed E-state index contributed by atoms with van der Waals surface area (Å²) >= 11 is 0. The fraction of sp³-hybridized carbons (Fsp3) is 0.706. The van der Waals surface area contributed by atoms with Gasteiger partial charge in [0.25, 0.3) is 0 Å². The molecule has 2 aliphatic carbocycles.